The van der Waals surface area contributed by atoms with Gasteiger partial charge in [0.25, 0.3) is 0 Å². The Morgan fingerprint density at radius 1 is 1.00 bits per heavy atom. The zero-order valence-corrected chi connectivity index (χ0v) is 10.7. The molecule has 1 atom stereocenters. The zero-order valence-electron chi connectivity index (χ0n) is 10.7. The first-order valence-electron chi connectivity index (χ1n) is 5.85. The van der Waals surface area contributed by atoms with Crippen LogP contribution in [0.2, 0.25) is 0 Å². The molecule has 0 saturated carbocycles. The van der Waals surface area contributed by atoms with Gasteiger partial charge in [0.15, 0.2) is 0 Å². The largest absolute Gasteiger partial charge is 0.301 e. The Bertz CT molecular complexity index is 89.1. The highest BCUT2D eigenvalue weighted by molar-refractivity contribution is 4.63. The zero-order chi connectivity index (χ0) is 10.9. The smallest absolute Gasteiger partial charge is 0.00385 e. The van der Waals surface area contributed by atoms with Crippen LogP contribution in [-0.4, -0.2) is 24.0 Å². The summed E-state index contributed by atoms with van der Waals surface area (Å²) in [6.07, 6.45) is 1.29. The molecule has 0 heterocycles. The molecule has 0 aliphatic rings. The average molecular weight is 187 g/mol. The van der Waals surface area contributed by atoms with Crippen LogP contribution in [0.4, 0.5) is 0 Å². The Labute approximate surface area is 85.5 Å². The molecule has 0 amide bonds. The summed E-state index contributed by atoms with van der Waals surface area (Å²) in [7, 11) is 0. The number of nitrogens with zero attached hydrogens (tertiary/aromatic N) is 1. The van der Waals surface area contributed by atoms with E-state index >= 15 is 0 Å². The van der Waals surface area contributed by atoms with E-state index in [1.54, 1.807) is 0 Å². The molecule has 0 radical (unpaired) electrons. The fourth-order valence-electron chi connectivity index (χ4n) is 1.23. The molecule has 0 spiro atoms. The van der Waals surface area contributed by atoms with E-state index < -0.39 is 0 Å². The minimum absolute atomic E-state index is 0.703. The Morgan fingerprint density at radius 2 is 1.46 bits per heavy atom. The van der Waals surface area contributed by atoms with E-state index in [0.29, 0.717) is 6.04 Å². The molecule has 0 bridgehead atoms. The summed E-state index contributed by atoms with van der Waals surface area (Å²) in [5, 5.41) is 0. The van der Waals surface area contributed by atoms with Gasteiger partial charge in [-0.2, -0.15) is 0 Å². The van der Waals surface area contributed by atoms with E-state index in [1.807, 2.05) is 13.8 Å². The fourth-order valence-corrected chi connectivity index (χ4v) is 1.23. The molecule has 0 saturated heterocycles. The third-order valence-corrected chi connectivity index (χ3v) is 2.38. The highest BCUT2D eigenvalue weighted by Crippen LogP contribution is 2.06. The lowest BCUT2D eigenvalue weighted by Crippen LogP contribution is -2.34. The second-order valence-corrected chi connectivity index (χ2v) is 3.69. The first-order valence-corrected chi connectivity index (χ1v) is 5.85. The highest BCUT2D eigenvalue weighted by Gasteiger charge is 2.09. The molecule has 0 rings (SSSR count). The van der Waals surface area contributed by atoms with Crippen molar-refractivity contribution in [2.24, 2.45) is 5.92 Å². The lowest BCUT2D eigenvalue weighted by atomic mass is 10.1. The van der Waals surface area contributed by atoms with E-state index in [-0.39, 0.29) is 0 Å². The Hall–Kier alpha value is -0.0400. The number of hydrogen-bond donors (Lipinski definition) is 0. The van der Waals surface area contributed by atoms with E-state index in [1.165, 1.54) is 19.5 Å². The summed E-state index contributed by atoms with van der Waals surface area (Å²) >= 11 is 0. The van der Waals surface area contributed by atoms with Crippen molar-refractivity contribution in [3.63, 3.8) is 0 Å². The fraction of sp³-hybridized carbons (Fsp3) is 1.00. The molecule has 1 heteroatoms. The van der Waals surface area contributed by atoms with Crippen molar-refractivity contribution in [3.8, 4) is 0 Å². The first kappa shape index (κ1) is 15.4. The summed E-state index contributed by atoms with van der Waals surface area (Å²) in [4.78, 5) is 2.52. The third-order valence-electron chi connectivity index (χ3n) is 2.38. The van der Waals surface area contributed by atoms with Crippen LogP contribution in [0.15, 0.2) is 0 Å². The summed E-state index contributed by atoms with van der Waals surface area (Å²) in [5.41, 5.74) is 0. The van der Waals surface area contributed by atoms with E-state index in [0.717, 1.165) is 5.92 Å². The van der Waals surface area contributed by atoms with E-state index in [2.05, 4.69) is 39.5 Å². The lowest BCUT2D eigenvalue weighted by molar-refractivity contribution is 0.200. The SMILES string of the molecule is CC.CCC(C)CN(CC)C(C)C. The van der Waals surface area contributed by atoms with E-state index in [4.69, 9.17) is 0 Å². The average Bonchev–Trinajstić information content (AvgIpc) is 2.16. The normalized spacial score (nSPS) is 12.7. The maximum atomic E-state index is 2.52. The predicted molar refractivity (Wildman–Crippen MR) is 63.2 cm³/mol. The molecule has 0 aromatic heterocycles. The second kappa shape index (κ2) is 10.0. The predicted octanol–water partition coefficient (Wildman–Crippen LogP) is 3.79. The molecule has 0 aromatic rings. The van der Waals surface area contributed by atoms with Crippen LogP contribution in [0.1, 0.15) is 54.9 Å². The maximum absolute atomic E-state index is 2.52. The van der Waals surface area contributed by atoms with Gasteiger partial charge in [-0.25, -0.2) is 0 Å². The summed E-state index contributed by atoms with van der Waals surface area (Å²) in [5.74, 6) is 0.845. The van der Waals surface area contributed by atoms with Crippen LogP contribution in [-0.2, 0) is 0 Å². The Morgan fingerprint density at radius 3 is 1.69 bits per heavy atom. The van der Waals surface area contributed by atoms with Crippen molar-refractivity contribution in [2.75, 3.05) is 13.1 Å². The number of hydrogen-bond acceptors (Lipinski definition) is 1. The van der Waals surface area contributed by atoms with Gasteiger partial charge in [-0.1, -0.05) is 41.0 Å². The van der Waals surface area contributed by atoms with Gasteiger partial charge >= 0.3 is 0 Å². The molecule has 82 valence electrons. The molecule has 0 aliphatic heterocycles. The standard InChI is InChI=1S/C10H23N.C2H6/c1-6-10(5)8-11(7-2)9(3)4;1-2/h9-10H,6-8H2,1-5H3;1-2H3. The Kier molecular flexibility index (Phi) is 11.9. The molecule has 1 nitrogen and oxygen atoms in total. The van der Waals surface area contributed by atoms with Crippen molar-refractivity contribution in [3.05, 3.63) is 0 Å². The Balaban J connectivity index is 0. The molecule has 13 heavy (non-hydrogen) atoms. The van der Waals surface area contributed by atoms with Crippen LogP contribution >= 0.6 is 0 Å². The molecule has 0 fully saturated rings. The number of rotatable bonds is 5. The molecule has 0 N–H and O–H groups in total. The molecule has 1 unspecified atom stereocenters. The second-order valence-electron chi connectivity index (χ2n) is 3.69. The minimum atomic E-state index is 0.703. The van der Waals surface area contributed by atoms with Gasteiger partial charge in [-0.15, -0.1) is 0 Å². The lowest BCUT2D eigenvalue weighted by Gasteiger charge is -2.27. The van der Waals surface area contributed by atoms with Gasteiger partial charge in [0.05, 0.1) is 0 Å². The van der Waals surface area contributed by atoms with Crippen LogP contribution in [0.25, 0.3) is 0 Å². The third kappa shape index (κ3) is 8.29. The topological polar surface area (TPSA) is 3.24 Å². The van der Waals surface area contributed by atoms with Crippen molar-refractivity contribution in [1.29, 1.82) is 0 Å². The quantitative estimate of drug-likeness (QED) is 0.633. The van der Waals surface area contributed by atoms with Gasteiger partial charge in [0.2, 0.25) is 0 Å². The molecule has 0 aliphatic carbocycles. The minimum Gasteiger partial charge on any atom is -0.301 e. The maximum Gasteiger partial charge on any atom is 0.00385 e. The van der Waals surface area contributed by atoms with Crippen LogP contribution in [0.3, 0.4) is 0 Å². The van der Waals surface area contributed by atoms with Crippen LogP contribution in [0, 0.1) is 5.92 Å². The van der Waals surface area contributed by atoms with Crippen molar-refractivity contribution < 1.29 is 0 Å². The monoisotopic (exact) mass is 187 g/mol. The van der Waals surface area contributed by atoms with Gasteiger partial charge in [0, 0.05) is 12.6 Å². The van der Waals surface area contributed by atoms with Crippen molar-refractivity contribution >= 4 is 0 Å². The van der Waals surface area contributed by atoms with E-state index in [9.17, 15) is 0 Å². The van der Waals surface area contributed by atoms with Gasteiger partial charge in [-0.05, 0) is 26.3 Å². The summed E-state index contributed by atoms with van der Waals surface area (Å²) in [6, 6.07) is 0.703. The summed E-state index contributed by atoms with van der Waals surface area (Å²) < 4.78 is 0. The molecular weight excluding hydrogens is 158 g/mol. The molecule has 0 aromatic carbocycles. The van der Waals surface area contributed by atoms with Gasteiger partial charge in [-0.3, -0.25) is 0 Å². The van der Waals surface area contributed by atoms with Crippen molar-refractivity contribution in [1.82, 2.24) is 4.90 Å². The van der Waals surface area contributed by atoms with Crippen LogP contribution in [0.5, 0.6) is 0 Å². The van der Waals surface area contributed by atoms with Crippen molar-refractivity contribution in [2.45, 2.75) is 60.9 Å². The first-order chi connectivity index (χ1) is 6.11. The van der Waals surface area contributed by atoms with Crippen LogP contribution < -0.4 is 0 Å². The van der Waals surface area contributed by atoms with Gasteiger partial charge in [0.1, 0.15) is 0 Å². The molecular formula is C12H29N. The highest BCUT2D eigenvalue weighted by atomic mass is 15.1. The summed E-state index contributed by atoms with van der Waals surface area (Å²) in [6.45, 7) is 17.8. The van der Waals surface area contributed by atoms with Gasteiger partial charge < -0.3 is 4.90 Å².